The number of piperidine rings is 1. The number of hydrogen-bond acceptors (Lipinski definition) is 5. The molecule has 9 heteroatoms. The van der Waals surface area contributed by atoms with E-state index >= 15 is 0 Å². The molecule has 170 valence electrons. The molecule has 0 unspecified atom stereocenters. The van der Waals surface area contributed by atoms with Gasteiger partial charge in [-0.25, -0.2) is 12.7 Å². The first-order valence-electron chi connectivity index (χ1n) is 10.7. The van der Waals surface area contributed by atoms with Crippen molar-refractivity contribution < 1.29 is 22.7 Å². The van der Waals surface area contributed by atoms with E-state index in [-0.39, 0.29) is 24.9 Å². The first-order chi connectivity index (χ1) is 15.3. The van der Waals surface area contributed by atoms with Crippen molar-refractivity contribution in [1.82, 2.24) is 9.62 Å². The van der Waals surface area contributed by atoms with Crippen LogP contribution in [-0.2, 0) is 26.2 Å². The molecule has 1 N–H and O–H groups in total. The molecule has 0 saturated carbocycles. The highest BCUT2D eigenvalue weighted by Crippen LogP contribution is 2.35. The Kier molecular flexibility index (Phi) is 6.48. The van der Waals surface area contributed by atoms with Gasteiger partial charge in [-0.2, -0.15) is 0 Å². The maximum atomic E-state index is 13.5. The van der Waals surface area contributed by atoms with Crippen LogP contribution >= 0.6 is 0 Å². The number of para-hydroxylation sites is 2. The van der Waals surface area contributed by atoms with E-state index in [1.54, 1.807) is 23.1 Å². The number of nitrogens with zero attached hydrogens (tertiary/aromatic N) is 2. The van der Waals surface area contributed by atoms with Gasteiger partial charge in [0.15, 0.2) is 6.10 Å². The summed E-state index contributed by atoms with van der Waals surface area (Å²) in [6.07, 6.45) is 1.54. The molecule has 1 saturated heterocycles. The minimum absolute atomic E-state index is 0.0752. The van der Waals surface area contributed by atoms with Crippen molar-refractivity contribution in [3.8, 4) is 5.75 Å². The molecule has 2 atom stereocenters. The molecular weight excluding hydrogens is 430 g/mol. The monoisotopic (exact) mass is 457 g/mol. The van der Waals surface area contributed by atoms with Crippen LogP contribution in [0, 0.1) is 5.92 Å². The molecule has 8 nitrogen and oxygen atoms in total. The molecule has 2 amide bonds. The number of hydrogen-bond donors (Lipinski definition) is 1. The van der Waals surface area contributed by atoms with E-state index < -0.39 is 22.0 Å². The molecule has 2 aromatic carbocycles. The lowest BCUT2D eigenvalue weighted by Crippen LogP contribution is -2.53. The lowest BCUT2D eigenvalue weighted by molar-refractivity contribution is -0.129. The van der Waals surface area contributed by atoms with Crippen LogP contribution < -0.4 is 15.0 Å². The van der Waals surface area contributed by atoms with Gasteiger partial charge in [-0.3, -0.25) is 9.59 Å². The van der Waals surface area contributed by atoms with Crippen LogP contribution in [0.1, 0.15) is 18.4 Å². The van der Waals surface area contributed by atoms with Gasteiger partial charge in [0.1, 0.15) is 5.75 Å². The molecule has 1 fully saturated rings. The molecular formula is C23H27N3O5S. The van der Waals surface area contributed by atoms with Crippen LogP contribution in [0.3, 0.4) is 0 Å². The topological polar surface area (TPSA) is 96.0 Å². The second kappa shape index (κ2) is 9.30. The number of carbonyl (C=O) groups excluding carboxylic acids is 2. The van der Waals surface area contributed by atoms with Crippen LogP contribution in [0.25, 0.3) is 0 Å². The van der Waals surface area contributed by atoms with Crippen molar-refractivity contribution in [2.45, 2.75) is 25.5 Å². The van der Waals surface area contributed by atoms with Gasteiger partial charge in [-0.1, -0.05) is 42.5 Å². The van der Waals surface area contributed by atoms with Gasteiger partial charge in [0, 0.05) is 19.6 Å². The second-order valence-electron chi connectivity index (χ2n) is 8.19. The van der Waals surface area contributed by atoms with Crippen molar-refractivity contribution >= 4 is 27.5 Å². The average molecular weight is 458 g/mol. The van der Waals surface area contributed by atoms with E-state index in [0.29, 0.717) is 37.4 Å². The summed E-state index contributed by atoms with van der Waals surface area (Å²) in [7, 11) is -3.37. The van der Waals surface area contributed by atoms with E-state index in [1.165, 1.54) is 4.31 Å². The number of amides is 2. The average Bonchev–Trinajstić information content (AvgIpc) is 2.81. The minimum atomic E-state index is -3.37. The fraction of sp³-hybridized carbons (Fsp3) is 0.391. The number of fused-ring (bicyclic) bond motifs is 1. The quantitative estimate of drug-likeness (QED) is 0.738. The van der Waals surface area contributed by atoms with E-state index in [9.17, 15) is 18.0 Å². The Hall–Kier alpha value is -2.91. The molecule has 2 aliphatic heterocycles. The minimum Gasteiger partial charge on any atom is -0.477 e. The Morgan fingerprint density at radius 2 is 1.78 bits per heavy atom. The summed E-state index contributed by atoms with van der Waals surface area (Å²) in [5.74, 6) is -0.488. The summed E-state index contributed by atoms with van der Waals surface area (Å²) in [4.78, 5) is 27.9. The third kappa shape index (κ3) is 4.94. The molecule has 32 heavy (non-hydrogen) atoms. The maximum absolute atomic E-state index is 13.5. The SMILES string of the molecule is CS(=O)(=O)N1CCC[C@@H](C(=O)N2C[C@@H](C(=O)NCc3ccccc3)Oc3ccccc32)C1. The molecule has 0 aromatic heterocycles. The Labute approximate surface area is 188 Å². The highest BCUT2D eigenvalue weighted by Gasteiger charge is 2.38. The summed E-state index contributed by atoms with van der Waals surface area (Å²) in [6, 6.07) is 16.7. The third-order valence-electron chi connectivity index (χ3n) is 5.84. The van der Waals surface area contributed by atoms with Crippen molar-refractivity contribution in [1.29, 1.82) is 0 Å². The molecule has 2 aliphatic rings. The summed E-state index contributed by atoms with van der Waals surface area (Å²) in [6.45, 7) is 1.02. The molecule has 2 heterocycles. The Balaban J connectivity index is 1.51. The lowest BCUT2D eigenvalue weighted by atomic mass is 9.97. The van der Waals surface area contributed by atoms with Gasteiger partial charge in [-0.05, 0) is 30.5 Å². The first-order valence-corrected chi connectivity index (χ1v) is 12.5. The number of sulfonamides is 1. The summed E-state index contributed by atoms with van der Waals surface area (Å²) in [5, 5.41) is 2.88. The van der Waals surface area contributed by atoms with E-state index in [1.807, 2.05) is 36.4 Å². The Bertz CT molecular complexity index is 1090. The highest BCUT2D eigenvalue weighted by molar-refractivity contribution is 7.88. The van der Waals surface area contributed by atoms with Crippen LogP contribution in [-0.4, -0.2) is 56.5 Å². The molecule has 0 aliphatic carbocycles. The smallest absolute Gasteiger partial charge is 0.263 e. The fourth-order valence-corrected chi connectivity index (χ4v) is 5.06. The Morgan fingerprint density at radius 3 is 2.53 bits per heavy atom. The van der Waals surface area contributed by atoms with Gasteiger partial charge in [-0.15, -0.1) is 0 Å². The Morgan fingerprint density at radius 1 is 1.06 bits per heavy atom. The zero-order valence-corrected chi connectivity index (χ0v) is 18.8. The van der Waals surface area contributed by atoms with Gasteiger partial charge in [0.2, 0.25) is 15.9 Å². The van der Waals surface area contributed by atoms with E-state index in [4.69, 9.17) is 4.74 Å². The number of ether oxygens (including phenoxy) is 1. The van der Waals surface area contributed by atoms with Crippen LogP contribution in [0.4, 0.5) is 5.69 Å². The predicted octanol–water partition coefficient (Wildman–Crippen LogP) is 1.77. The van der Waals surface area contributed by atoms with Crippen LogP contribution in [0.2, 0.25) is 0 Å². The van der Waals surface area contributed by atoms with Gasteiger partial charge >= 0.3 is 0 Å². The van der Waals surface area contributed by atoms with Crippen molar-refractivity contribution in [2.75, 3.05) is 30.8 Å². The first kappa shape index (κ1) is 22.3. The zero-order valence-electron chi connectivity index (χ0n) is 17.9. The summed E-state index contributed by atoms with van der Waals surface area (Å²) >= 11 is 0. The number of nitrogens with one attached hydrogen (secondary N) is 1. The number of anilines is 1. The van der Waals surface area contributed by atoms with Crippen molar-refractivity contribution in [3.05, 3.63) is 60.2 Å². The largest absolute Gasteiger partial charge is 0.477 e. The number of carbonyl (C=O) groups is 2. The second-order valence-corrected chi connectivity index (χ2v) is 10.2. The van der Waals surface area contributed by atoms with Crippen LogP contribution in [0.15, 0.2) is 54.6 Å². The highest BCUT2D eigenvalue weighted by atomic mass is 32.2. The molecule has 4 rings (SSSR count). The third-order valence-corrected chi connectivity index (χ3v) is 7.11. The summed E-state index contributed by atoms with van der Waals surface area (Å²) < 4.78 is 31.2. The van der Waals surface area contributed by atoms with E-state index in [2.05, 4.69) is 5.32 Å². The standard InChI is InChI=1S/C23H27N3O5S/c1-32(29,30)25-13-7-10-18(15-25)23(28)26-16-21(31-20-12-6-5-11-19(20)26)22(27)24-14-17-8-3-2-4-9-17/h2-6,8-9,11-12,18,21H,7,10,13-16H2,1H3,(H,24,27)/t18-,21+/m1/s1. The predicted molar refractivity (Wildman–Crippen MR) is 121 cm³/mol. The molecule has 0 bridgehead atoms. The van der Waals surface area contributed by atoms with Crippen LogP contribution in [0.5, 0.6) is 5.75 Å². The maximum Gasteiger partial charge on any atom is 0.263 e. The lowest BCUT2D eigenvalue weighted by Gasteiger charge is -2.38. The molecule has 2 aromatic rings. The number of rotatable bonds is 5. The molecule has 0 spiro atoms. The van der Waals surface area contributed by atoms with Gasteiger partial charge in [0.25, 0.3) is 5.91 Å². The normalized spacial score (nSPS) is 21.3. The van der Waals surface area contributed by atoms with Crippen molar-refractivity contribution in [2.24, 2.45) is 5.92 Å². The fourth-order valence-electron chi connectivity index (χ4n) is 4.14. The van der Waals surface area contributed by atoms with Crippen molar-refractivity contribution in [3.63, 3.8) is 0 Å². The zero-order chi connectivity index (χ0) is 22.7. The number of benzene rings is 2. The van der Waals surface area contributed by atoms with Gasteiger partial charge in [0.05, 0.1) is 24.4 Å². The van der Waals surface area contributed by atoms with Gasteiger partial charge < -0.3 is 15.0 Å². The van der Waals surface area contributed by atoms with E-state index in [0.717, 1.165) is 11.8 Å². The summed E-state index contributed by atoms with van der Waals surface area (Å²) in [5.41, 5.74) is 1.56. The molecule has 0 radical (unpaired) electrons.